The lowest BCUT2D eigenvalue weighted by atomic mass is 10.2. The molecule has 2 heterocycles. The summed E-state index contributed by atoms with van der Waals surface area (Å²) in [6.07, 6.45) is 2.79. The quantitative estimate of drug-likeness (QED) is 0.795. The van der Waals surface area contributed by atoms with Crippen molar-refractivity contribution in [2.75, 3.05) is 5.32 Å². The Morgan fingerprint density at radius 1 is 1.45 bits per heavy atom. The van der Waals surface area contributed by atoms with E-state index in [1.165, 1.54) is 0 Å². The van der Waals surface area contributed by atoms with Crippen molar-refractivity contribution in [2.24, 2.45) is 0 Å². The van der Waals surface area contributed by atoms with Crippen molar-refractivity contribution in [1.29, 1.82) is 0 Å². The van der Waals surface area contributed by atoms with Gasteiger partial charge in [0.15, 0.2) is 5.15 Å². The first-order chi connectivity index (χ1) is 10.6. The van der Waals surface area contributed by atoms with Crippen molar-refractivity contribution in [1.82, 2.24) is 15.3 Å². The molecule has 0 radical (unpaired) electrons. The predicted octanol–water partition coefficient (Wildman–Crippen LogP) is 1.86. The van der Waals surface area contributed by atoms with Gasteiger partial charge >= 0.3 is 0 Å². The second-order valence-corrected chi connectivity index (χ2v) is 4.89. The predicted molar refractivity (Wildman–Crippen MR) is 73.4 cm³/mol. The summed E-state index contributed by atoms with van der Waals surface area (Å²) in [6, 6.07) is 1.58. The first-order valence-corrected chi connectivity index (χ1v) is 6.82. The molecule has 0 bridgehead atoms. The number of halogens is 1. The average molecular weight is 329 g/mol. The number of nitrogens with zero attached hydrogens (tertiary/aromatic N) is 3. The van der Waals surface area contributed by atoms with Crippen LogP contribution in [0.1, 0.15) is 36.8 Å². The van der Waals surface area contributed by atoms with E-state index in [0.717, 1.165) is 12.8 Å². The van der Waals surface area contributed by atoms with E-state index in [1.54, 1.807) is 6.07 Å². The minimum absolute atomic E-state index is 0.211. The van der Waals surface area contributed by atoms with Crippen molar-refractivity contribution >= 4 is 29.9 Å². The van der Waals surface area contributed by atoms with Gasteiger partial charge in [-0.05, 0) is 18.0 Å². The number of hydrogen-bond acceptors (Lipinski definition) is 7. The molecule has 2 N–H and O–H groups in total. The normalized spacial score (nSPS) is 13.1. The molecule has 3 rings (SSSR count). The van der Waals surface area contributed by atoms with Crippen LogP contribution in [0.5, 0.6) is 0 Å². The molecule has 1 aliphatic rings. The lowest BCUT2D eigenvalue weighted by Gasteiger charge is -1.97. The number of rotatable bonds is 5. The molecular formula is C12H13ClN4O5. The van der Waals surface area contributed by atoms with Crippen LogP contribution in [0.2, 0.25) is 5.15 Å². The van der Waals surface area contributed by atoms with Crippen molar-refractivity contribution in [3.05, 3.63) is 22.9 Å². The second-order valence-electron chi connectivity index (χ2n) is 4.50. The average Bonchev–Trinajstić information content (AvgIpc) is 3.09. The molecule has 118 valence electrons. The third-order valence-electron chi connectivity index (χ3n) is 2.75. The molecule has 1 fully saturated rings. The Hall–Kier alpha value is -2.42. The Morgan fingerprint density at radius 2 is 2.18 bits per heavy atom. The summed E-state index contributed by atoms with van der Waals surface area (Å²) in [7, 11) is 0. The lowest BCUT2D eigenvalue weighted by Crippen LogP contribution is -2.13. The van der Waals surface area contributed by atoms with Gasteiger partial charge in [0.2, 0.25) is 11.8 Å². The molecule has 9 nitrogen and oxygen atoms in total. The Kier molecular flexibility index (Phi) is 5.48. The number of carbonyl (C=O) groups is 2. The zero-order chi connectivity index (χ0) is 15.9. The van der Waals surface area contributed by atoms with E-state index in [2.05, 4.69) is 20.6 Å². The van der Waals surface area contributed by atoms with E-state index in [0.29, 0.717) is 24.0 Å². The van der Waals surface area contributed by atoms with Gasteiger partial charge in [-0.1, -0.05) is 16.8 Å². The molecule has 1 amide bonds. The smallest absolute Gasteiger partial charge is 0.290 e. The number of anilines is 1. The highest BCUT2D eigenvalue weighted by Gasteiger charge is 2.29. The van der Waals surface area contributed by atoms with Crippen LogP contribution >= 0.6 is 11.6 Å². The highest BCUT2D eigenvalue weighted by atomic mass is 35.5. The Balaban J connectivity index is 0.000000545. The third-order valence-corrected chi connectivity index (χ3v) is 2.93. The molecule has 10 heteroatoms. The van der Waals surface area contributed by atoms with Gasteiger partial charge in [-0.3, -0.25) is 14.9 Å². The Labute approximate surface area is 129 Å². The number of carboxylic acid groups (broad SMARTS) is 1. The van der Waals surface area contributed by atoms with Gasteiger partial charge in [0.1, 0.15) is 5.76 Å². The topological polar surface area (TPSA) is 131 Å². The van der Waals surface area contributed by atoms with Crippen molar-refractivity contribution < 1.29 is 23.7 Å². The van der Waals surface area contributed by atoms with Gasteiger partial charge in [0.25, 0.3) is 12.4 Å². The maximum Gasteiger partial charge on any atom is 0.290 e. The molecular weight excluding hydrogens is 316 g/mol. The molecule has 0 atom stereocenters. The second kappa shape index (κ2) is 7.55. The van der Waals surface area contributed by atoms with Gasteiger partial charge in [-0.15, -0.1) is 0 Å². The molecule has 0 saturated heterocycles. The fourth-order valence-electron chi connectivity index (χ4n) is 1.61. The highest BCUT2D eigenvalue weighted by molar-refractivity contribution is 6.29. The van der Waals surface area contributed by atoms with E-state index >= 15 is 0 Å². The standard InChI is InChI=1S/C11H11ClN4O3.CH2O2/c12-8-5-7(18-15-8)3-4-9(17)13-11-14-10(19-16-11)6-1-2-6;2-1-3/h5-6H,1-4H2,(H,13,16,17);1H,(H,2,3). The van der Waals surface area contributed by atoms with Crippen molar-refractivity contribution in [2.45, 2.75) is 31.6 Å². The zero-order valence-electron chi connectivity index (χ0n) is 11.4. The van der Waals surface area contributed by atoms with E-state index in [-0.39, 0.29) is 29.9 Å². The monoisotopic (exact) mass is 328 g/mol. The zero-order valence-corrected chi connectivity index (χ0v) is 12.1. The third kappa shape index (κ3) is 4.85. The summed E-state index contributed by atoms with van der Waals surface area (Å²) in [6.45, 7) is -0.250. The molecule has 2 aromatic rings. The minimum Gasteiger partial charge on any atom is -0.483 e. The maximum atomic E-state index is 11.7. The molecule has 0 spiro atoms. The fourth-order valence-corrected chi connectivity index (χ4v) is 1.77. The first kappa shape index (κ1) is 16.0. The summed E-state index contributed by atoms with van der Waals surface area (Å²) in [5.41, 5.74) is 0. The summed E-state index contributed by atoms with van der Waals surface area (Å²) >= 11 is 5.61. The van der Waals surface area contributed by atoms with Gasteiger partial charge in [-0.25, -0.2) is 0 Å². The number of aromatic nitrogens is 3. The first-order valence-electron chi connectivity index (χ1n) is 6.44. The van der Waals surface area contributed by atoms with Crippen LogP contribution in [-0.2, 0) is 16.0 Å². The molecule has 0 unspecified atom stereocenters. The number of hydrogen-bond donors (Lipinski definition) is 2. The summed E-state index contributed by atoms with van der Waals surface area (Å²) in [4.78, 5) is 24.1. The molecule has 0 aliphatic heterocycles. The van der Waals surface area contributed by atoms with E-state index < -0.39 is 0 Å². The van der Waals surface area contributed by atoms with Crippen LogP contribution in [0.15, 0.2) is 15.1 Å². The lowest BCUT2D eigenvalue weighted by molar-refractivity contribution is -0.123. The molecule has 1 aliphatic carbocycles. The van der Waals surface area contributed by atoms with Crippen LogP contribution < -0.4 is 5.32 Å². The van der Waals surface area contributed by atoms with E-state index in [9.17, 15) is 4.79 Å². The molecule has 0 aromatic carbocycles. The van der Waals surface area contributed by atoms with Gasteiger partial charge in [0.05, 0.1) is 0 Å². The van der Waals surface area contributed by atoms with Crippen molar-refractivity contribution in [3.8, 4) is 0 Å². The number of nitrogens with one attached hydrogen (secondary N) is 1. The van der Waals surface area contributed by atoms with Crippen LogP contribution in [0.25, 0.3) is 0 Å². The molecule has 1 saturated carbocycles. The highest BCUT2D eigenvalue weighted by Crippen LogP contribution is 2.39. The Morgan fingerprint density at radius 3 is 2.77 bits per heavy atom. The maximum absolute atomic E-state index is 11.7. The summed E-state index contributed by atoms with van der Waals surface area (Å²) in [5, 5.41) is 17.0. The summed E-state index contributed by atoms with van der Waals surface area (Å²) < 4.78 is 9.93. The minimum atomic E-state index is -0.250. The number of amides is 1. The van der Waals surface area contributed by atoms with E-state index in [4.69, 9.17) is 30.5 Å². The fraction of sp³-hybridized carbons (Fsp3) is 0.417. The molecule has 2 aromatic heterocycles. The van der Waals surface area contributed by atoms with E-state index in [1.807, 2.05) is 0 Å². The van der Waals surface area contributed by atoms with Crippen LogP contribution in [0.4, 0.5) is 5.95 Å². The van der Waals surface area contributed by atoms with Gasteiger partial charge in [-0.2, -0.15) is 4.98 Å². The Bertz CT molecular complexity index is 637. The van der Waals surface area contributed by atoms with Crippen LogP contribution in [0, 0.1) is 0 Å². The largest absolute Gasteiger partial charge is 0.483 e. The SMILES string of the molecule is O=C(CCc1cc(Cl)no1)Nc1noc(C2CC2)n1.O=CO. The van der Waals surface area contributed by atoms with Crippen LogP contribution in [0.3, 0.4) is 0 Å². The van der Waals surface area contributed by atoms with Gasteiger partial charge in [0, 0.05) is 24.8 Å². The van der Waals surface area contributed by atoms with Crippen LogP contribution in [-0.4, -0.2) is 32.8 Å². The van der Waals surface area contributed by atoms with Gasteiger partial charge < -0.3 is 14.2 Å². The number of aryl methyl sites for hydroxylation is 1. The number of carbonyl (C=O) groups excluding carboxylic acids is 1. The summed E-state index contributed by atoms with van der Waals surface area (Å²) in [5.74, 6) is 1.52. The molecule has 22 heavy (non-hydrogen) atoms. The van der Waals surface area contributed by atoms with Crippen molar-refractivity contribution in [3.63, 3.8) is 0 Å².